The van der Waals surface area contributed by atoms with Crippen molar-refractivity contribution in [1.82, 2.24) is 5.32 Å². The third-order valence-electron chi connectivity index (χ3n) is 2.84. The van der Waals surface area contributed by atoms with Crippen LogP contribution in [0.25, 0.3) is 0 Å². The van der Waals surface area contributed by atoms with Crippen LogP contribution in [0.1, 0.15) is 33.3 Å². The van der Waals surface area contributed by atoms with Crippen LogP contribution in [0.3, 0.4) is 0 Å². The maximum absolute atomic E-state index is 11.7. The number of carbonyl (C=O) groups excluding carboxylic acids is 1. The van der Waals surface area contributed by atoms with Crippen LogP contribution in [-0.4, -0.2) is 19.0 Å². The molecule has 0 spiro atoms. The zero-order valence-corrected chi connectivity index (χ0v) is 11.3. The molecular weight excluding hydrogens is 212 g/mol. The standard InChI is InChI=1S/C14H22N2O/c1-10(15-5)13(17)16-12-8-6-11(7-9-12)14(2,3)4/h6-10,15H,1-5H3,(H,16,17). The van der Waals surface area contributed by atoms with Crippen molar-refractivity contribution in [2.24, 2.45) is 0 Å². The van der Waals surface area contributed by atoms with Gasteiger partial charge in [0.25, 0.3) is 0 Å². The number of benzene rings is 1. The van der Waals surface area contributed by atoms with E-state index in [0.29, 0.717) is 0 Å². The van der Waals surface area contributed by atoms with Crippen LogP contribution in [0.15, 0.2) is 24.3 Å². The number of hydrogen-bond donors (Lipinski definition) is 2. The molecule has 0 saturated carbocycles. The normalized spacial score (nSPS) is 13.2. The van der Waals surface area contributed by atoms with Gasteiger partial charge in [-0.25, -0.2) is 0 Å². The van der Waals surface area contributed by atoms with Crippen molar-refractivity contribution in [3.63, 3.8) is 0 Å². The molecule has 17 heavy (non-hydrogen) atoms. The van der Waals surface area contributed by atoms with Gasteiger partial charge in [0.05, 0.1) is 6.04 Å². The fourth-order valence-corrected chi connectivity index (χ4v) is 1.44. The molecule has 1 aromatic rings. The molecular formula is C14H22N2O. The fraction of sp³-hybridized carbons (Fsp3) is 0.500. The number of carbonyl (C=O) groups is 1. The van der Waals surface area contributed by atoms with Gasteiger partial charge in [0.15, 0.2) is 0 Å². The molecule has 0 saturated heterocycles. The van der Waals surface area contributed by atoms with E-state index < -0.39 is 0 Å². The van der Waals surface area contributed by atoms with Crippen LogP contribution in [0.4, 0.5) is 5.69 Å². The minimum atomic E-state index is -0.183. The summed E-state index contributed by atoms with van der Waals surface area (Å²) in [5.41, 5.74) is 2.24. The average molecular weight is 234 g/mol. The highest BCUT2D eigenvalue weighted by Gasteiger charge is 2.14. The molecule has 0 radical (unpaired) electrons. The number of anilines is 1. The van der Waals surface area contributed by atoms with Crippen LogP contribution in [0.5, 0.6) is 0 Å². The second kappa shape index (κ2) is 5.32. The third-order valence-corrected chi connectivity index (χ3v) is 2.84. The molecule has 0 heterocycles. The van der Waals surface area contributed by atoms with Gasteiger partial charge in [-0.05, 0) is 37.1 Å². The van der Waals surface area contributed by atoms with E-state index >= 15 is 0 Å². The second-order valence-electron chi connectivity index (χ2n) is 5.33. The third kappa shape index (κ3) is 3.86. The summed E-state index contributed by atoms with van der Waals surface area (Å²) in [6.45, 7) is 8.34. The van der Waals surface area contributed by atoms with E-state index in [1.165, 1.54) is 5.56 Å². The van der Waals surface area contributed by atoms with Gasteiger partial charge in [0, 0.05) is 5.69 Å². The minimum Gasteiger partial charge on any atom is -0.325 e. The molecule has 3 heteroatoms. The molecule has 1 atom stereocenters. The molecule has 1 amide bonds. The lowest BCUT2D eigenvalue weighted by molar-refractivity contribution is -0.117. The topological polar surface area (TPSA) is 41.1 Å². The lowest BCUT2D eigenvalue weighted by Crippen LogP contribution is -2.35. The highest BCUT2D eigenvalue weighted by Crippen LogP contribution is 2.23. The zero-order chi connectivity index (χ0) is 13.1. The monoisotopic (exact) mass is 234 g/mol. The predicted molar refractivity (Wildman–Crippen MR) is 72.3 cm³/mol. The van der Waals surface area contributed by atoms with Crippen LogP contribution < -0.4 is 10.6 Å². The van der Waals surface area contributed by atoms with Crippen LogP contribution >= 0.6 is 0 Å². The van der Waals surface area contributed by atoms with Crippen molar-refractivity contribution < 1.29 is 4.79 Å². The van der Waals surface area contributed by atoms with Gasteiger partial charge in [-0.1, -0.05) is 32.9 Å². The summed E-state index contributed by atoms with van der Waals surface area (Å²) >= 11 is 0. The molecule has 94 valence electrons. The molecule has 0 fully saturated rings. The first-order valence-corrected chi connectivity index (χ1v) is 5.93. The van der Waals surface area contributed by atoms with Gasteiger partial charge < -0.3 is 10.6 Å². The fourth-order valence-electron chi connectivity index (χ4n) is 1.44. The lowest BCUT2D eigenvalue weighted by atomic mass is 9.87. The first kappa shape index (κ1) is 13.7. The molecule has 0 bridgehead atoms. The van der Waals surface area contributed by atoms with E-state index in [1.807, 2.05) is 19.1 Å². The number of rotatable bonds is 3. The Bertz CT molecular complexity index is 376. The van der Waals surface area contributed by atoms with Crippen molar-refractivity contribution >= 4 is 11.6 Å². The molecule has 0 aliphatic rings. The van der Waals surface area contributed by atoms with Crippen molar-refractivity contribution in [2.45, 2.75) is 39.2 Å². The highest BCUT2D eigenvalue weighted by atomic mass is 16.2. The van der Waals surface area contributed by atoms with E-state index in [4.69, 9.17) is 0 Å². The summed E-state index contributed by atoms with van der Waals surface area (Å²) in [5, 5.41) is 5.78. The average Bonchev–Trinajstić information content (AvgIpc) is 2.27. The first-order chi connectivity index (χ1) is 7.84. The maximum atomic E-state index is 11.7. The summed E-state index contributed by atoms with van der Waals surface area (Å²) in [7, 11) is 1.77. The van der Waals surface area contributed by atoms with Gasteiger partial charge in [0.1, 0.15) is 0 Å². The first-order valence-electron chi connectivity index (χ1n) is 5.93. The molecule has 1 aromatic carbocycles. The maximum Gasteiger partial charge on any atom is 0.241 e. The minimum absolute atomic E-state index is 0.0176. The quantitative estimate of drug-likeness (QED) is 0.844. The SMILES string of the molecule is CNC(C)C(=O)Nc1ccc(C(C)(C)C)cc1. The van der Waals surface area contributed by atoms with Crippen molar-refractivity contribution in [3.8, 4) is 0 Å². The van der Waals surface area contributed by atoms with Gasteiger partial charge in [-0.15, -0.1) is 0 Å². The smallest absolute Gasteiger partial charge is 0.241 e. The molecule has 0 aliphatic carbocycles. The van der Waals surface area contributed by atoms with Gasteiger partial charge in [-0.3, -0.25) is 4.79 Å². The Kier molecular flexibility index (Phi) is 4.29. The number of nitrogens with one attached hydrogen (secondary N) is 2. The highest BCUT2D eigenvalue weighted by molar-refractivity contribution is 5.94. The Balaban J connectivity index is 2.73. The summed E-state index contributed by atoms with van der Waals surface area (Å²) in [6.07, 6.45) is 0. The zero-order valence-electron chi connectivity index (χ0n) is 11.3. The van der Waals surface area contributed by atoms with Crippen LogP contribution in [-0.2, 0) is 10.2 Å². The molecule has 1 rings (SSSR count). The van der Waals surface area contributed by atoms with E-state index in [1.54, 1.807) is 7.05 Å². The molecule has 0 aliphatic heterocycles. The Labute approximate surface area is 104 Å². The van der Waals surface area contributed by atoms with Crippen molar-refractivity contribution in [2.75, 3.05) is 12.4 Å². The number of likely N-dealkylation sites (N-methyl/N-ethyl adjacent to an activating group) is 1. The van der Waals surface area contributed by atoms with Crippen molar-refractivity contribution in [1.29, 1.82) is 0 Å². The van der Waals surface area contributed by atoms with E-state index in [0.717, 1.165) is 5.69 Å². The Hall–Kier alpha value is -1.35. The molecule has 1 unspecified atom stereocenters. The van der Waals surface area contributed by atoms with E-state index in [-0.39, 0.29) is 17.4 Å². The molecule has 2 N–H and O–H groups in total. The summed E-state index contributed by atoms with van der Waals surface area (Å²) in [4.78, 5) is 11.7. The van der Waals surface area contributed by atoms with E-state index in [9.17, 15) is 4.79 Å². The van der Waals surface area contributed by atoms with Gasteiger partial charge in [-0.2, -0.15) is 0 Å². The summed E-state index contributed by atoms with van der Waals surface area (Å²) in [6, 6.07) is 7.82. The summed E-state index contributed by atoms with van der Waals surface area (Å²) in [5.74, 6) is -0.0176. The lowest BCUT2D eigenvalue weighted by Gasteiger charge is -2.19. The predicted octanol–water partition coefficient (Wildman–Crippen LogP) is 2.53. The second-order valence-corrected chi connectivity index (χ2v) is 5.33. The number of amides is 1. The molecule has 0 aromatic heterocycles. The van der Waals surface area contributed by atoms with Crippen molar-refractivity contribution in [3.05, 3.63) is 29.8 Å². The number of hydrogen-bond acceptors (Lipinski definition) is 2. The Morgan fingerprint density at radius 3 is 2.12 bits per heavy atom. The molecule has 3 nitrogen and oxygen atoms in total. The van der Waals surface area contributed by atoms with Gasteiger partial charge in [0.2, 0.25) is 5.91 Å². The van der Waals surface area contributed by atoms with E-state index in [2.05, 4.69) is 43.5 Å². The van der Waals surface area contributed by atoms with Crippen LogP contribution in [0, 0.1) is 0 Å². The van der Waals surface area contributed by atoms with Crippen LogP contribution in [0.2, 0.25) is 0 Å². The van der Waals surface area contributed by atoms with Gasteiger partial charge >= 0.3 is 0 Å². The largest absolute Gasteiger partial charge is 0.325 e. The summed E-state index contributed by atoms with van der Waals surface area (Å²) < 4.78 is 0. The Morgan fingerprint density at radius 2 is 1.71 bits per heavy atom. The Morgan fingerprint density at radius 1 is 1.18 bits per heavy atom.